The summed E-state index contributed by atoms with van der Waals surface area (Å²) >= 11 is 0. The Labute approximate surface area is 109 Å². The number of hydrogen-bond acceptors (Lipinski definition) is 3. The number of fused-ring (bicyclic) bond motifs is 1. The van der Waals surface area contributed by atoms with Gasteiger partial charge in [-0.3, -0.25) is 4.90 Å². The third-order valence-corrected chi connectivity index (χ3v) is 4.26. The number of amides is 1. The fourth-order valence-corrected chi connectivity index (χ4v) is 3.33. The van der Waals surface area contributed by atoms with Crippen LogP contribution in [0.2, 0.25) is 0 Å². The molecule has 3 fully saturated rings. The summed E-state index contributed by atoms with van der Waals surface area (Å²) in [6.07, 6.45) is 3.83. The lowest BCUT2D eigenvalue weighted by Crippen LogP contribution is -2.40. The lowest BCUT2D eigenvalue weighted by atomic mass is 10.1. The predicted molar refractivity (Wildman–Crippen MR) is 69.4 cm³/mol. The number of ether oxygens (including phenoxy) is 1. The maximum Gasteiger partial charge on any atom is 0.410 e. The van der Waals surface area contributed by atoms with E-state index in [1.807, 2.05) is 25.7 Å². The molecule has 1 saturated carbocycles. The van der Waals surface area contributed by atoms with E-state index in [1.165, 1.54) is 25.8 Å². The van der Waals surface area contributed by atoms with Gasteiger partial charge in [0.2, 0.25) is 0 Å². The molecule has 2 aliphatic heterocycles. The fourth-order valence-electron chi connectivity index (χ4n) is 3.33. The van der Waals surface area contributed by atoms with Crippen molar-refractivity contribution >= 4 is 6.09 Å². The molecule has 0 aromatic rings. The topological polar surface area (TPSA) is 32.8 Å². The zero-order chi connectivity index (χ0) is 12.9. The van der Waals surface area contributed by atoms with Gasteiger partial charge in [0, 0.05) is 25.2 Å². The molecule has 4 nitrogen and oxygen atoms in total. The first-order chi connectivity index (χ1) is 8.44. The third kappa shape index (κ3) is 2.35. The summed E-state index contributed by atoms with van der Waals surface area (Å²) in [4.78, 5) is 16.6. The summed E-state index contributed by atoms with van der Waals surface area (Å²) in [6.45, 7) is 8.79. The maximum absolute atomic E-state index is 12.1. The number of rotatable bonds is 1. The summed E-state index contributed by atoms with van der Waals surface area (Å²) in [5, 5.41) is 0. The summed E-state index contributed by atoms with van der Waals surface area (Å²) in [6, 6.07) is 1.42. The van der Waals surface area contributed by atoms with Crippen LogP contribution in [0.5, 0.6) is 0 Å². The first-order valence-corrected chi connectivity index (χ1v) is 7.18. The van der Waals surface area contributed by atoms with Gasteiger partial charge in [0.05, 0.1) is 0 Å². The fraction of sp³-hybridized carbons (Fsp3) is 0.929. The highest BCUT2D eigenvalue weighted by Crippen LogP contribution is 2.39. The van der Waals surface area contributed by atoms with E-state index in [0.29, 0.717) is 12.0 Å². The van der Waals surface area contributed by atoms with Gasteiger partial charge in [0.1, 0.15) is 5.60 Å². The van der Waals surface area contributed by atoms with E-state index < -0.39 is 0 Å². The van der Waals surface area contributed by atoms with Gasteiger partial charge in [-0.15, -0.1) is 0 Å². The minimum Gasteiger partial charge on any atom is -0.444 e. The molecule has 0 aromatic carbocycles. The largest absolute Gasteiger partial charge is 0.444 e. The van der Waals surface area contributed by atoms with Crippen LogP contribution in [-0.4, -0.2) is 53.2 Å². The summed E-state index contributed by atoms with van der Waals surface area (Å²) in [5.41, 5.74) is -0.384. The molecular weight excluding hydrogens is 228 g/mol. The first kappa shape index (κ1) is 12.3. The number of nitrogens with zero attached hydrogens (tertiary/aromatic N) is 2. The second-order valence-corrected chi connectivity index (χ2v) is 6.97. The standard InChI is InChI=1S/C14H24N2O2/c1-14(2,3)18-13(17)15-8-10-6-7-16(11-4-5-11)12(10)9-15/h10-12H,4-9H2,1-3H3/t10-,12+/m1/s1. The summed E-state index contributed by atoms with van der Waals surface area (Å²) < 4.78 is 5.47. The average molecular weight is 252 g/mol. The second-order valence-electron chi connectivity index (χ2n) is 6.97. The van der Waals surface area contributed by atoms with Crippen molar-refractivity contribution in [1.82, 2.24) is 9.80 Å². The molecule has 4 heteroatoms. The lowest BCUT2D eigenvalue weighted by molar-refractivity contribution is 0.0271. The number of carbonyl (C=O) groups is 1. The highest BCUT2D eigenvalue weighted by atomic mass is 16.6. The molecule has 0 N–H and O–H groups in total. The van der Waals surface area contributed by atoms with Gasteiger partial charge in [-0.25, -0.2) is 4.79 Å². The third-order valence-electron chi connectivity index (χ3n) is 4.26. The molecule has 18 heavy (non-hydrogen) atoms. The first-order valence-electron chi connectivity index (χ1n) is 7.18. The van der Waals surface area contributed by atoms with Gasteiger partial charge in [-0.05, 0) is 52.5 Å². The summed E-state index contributed by atoms with van der Waals surface area (Å²) in [7, 11) is 0. The molecule has 0 bridgehead atoms. The average Bonchev–Trinajstić information content (AvgIpc) is 2.87. The highest BCUT2D eigenvalue weighted by Gasteiger charge is 2.47. The molecule has 2 atom stereocenters. The van der Waals surface area contributed by atoms with E-state index in [1.54, 1.807) is 0 Å². The van der Waals surface area contributed by atoms with Gasteiger partial charge in [-0.1, -0.05) is 0 Å². The molecule has 1 aliphatic carbocycles. The Morgan fingerprint density at radius 3 is 2.50 bits per heavy atom. The molecule has 2 heterocycles. The minimum absolute atomic E-state index is 0.132. The van der Waals surface area contributed by atoms with Crippen molar-refractivity contribution in [3.63, 3.8) is 0 Å². The Bertz CT molecular complexity index is 346. The van der Waals surface area contributed by atoms with E-state index in [9.17, 15) is 4.79 Å². The van der Waals surface area contributed by atoms with Gasteiger partial charge in [-0.2, -0.15) is 0 Å². The predicted octanol–water partition coefficient (Wildman–Crippen LogP) is 2.09. The van der Waals surface area contributed by atoms with Gasteiger partial charge in [0.15, 0.2) is 0 Å². The molecule has 0 spiro atoms. The van der Waals surface area contributed by atoms with Crippen molar-refractivity contribution in [2.45, 2.75) is 57.7 Å². The van der Waals surface area contributed by atoms with E-state index in [4.69, 9.17) is 4.74 Å². The Balaban J connectivity index is 1.60. The quantitative estimate of drug-likeness (QED) is 0.716. The van der Waals surface area contributed by atoms with Gasteiger partial charge >= 0.3 is 6.09 Å². The number of likely N-dealkylation sites (tertiary alicyclic amines) is 2. The van der Waals surface area contributed by atoms with Crippen LogP contribution < -0.4 is 0 Å². The van der Waals surface area contributed by atoms with Crippen molar-refractivity contribution in [3.05, 3.63) is 0 Å². The zero-order valence-electron chi connectivity index (χ0n) is 11.7. The lowest BCUT2D eigenvalue weighted by Gasteiger charge is -2.26. The molecule has 1 amide bonds. The molecular formula is C14H24N2O2. The molecule has 0 radical (unpaired) electrons. The van der Waals surface area contributed by atoms with E-state index in [0.717, 1.165) is 19.1 Å². The van der Waals surface area contributed by atoms with Crippen molar-refractivity contribution in [3.8, 4) is 0 Å². The van der Waals surface area contributed by atoms with E-state index in [2.05, 4.69) is 4.90 Å². The smallest absolute Gasteiger partial charge is 0.410 e. The van der Waals surface area contributed by atoms with Crippen LogP contribution in [0, 0.1) is 5.92 Å². The van der Waals surface area contributed by atoms with Gasteiger partial charge in [0.25, 0.3) is 0 Å². The van der Waals surface area contributed by atoms with Crippen LogP contribution in [0.4, 0.5) is 4.79 Å². The maximum atomic E-state index is 12.1. The van der Waals surface area contributed by atoms with E-state index >= 15 is 0 Å². The van der Waals surface area contributed by atoms with Crippen LogP contribution in [0.15, 0.2) is 0 Å². The zero-order valence-corrected chi connectivity index (χ0v) is 11.7. The Morgan fingerprint density at radius 2 is 1.89 bits per heavy atom. The molecule has 0 aromatic heterocycles. The second kappa shape index (κ2) is 4.12. The van der Waals surface area contributed by atoms with Crippen molar-refractivity contribution in [2.24, 2.45) is 5.92 Å². The van der Waals surface area contributed by atoms with Crippen molar-refractivity contribution < 1.29 is 9.53 Å². The Hall–Kier alpha value is -0.770. The number of carbonyl (C=O) groups excluding carboxylic acids is 1. The molecule has 3 rings (SSSR count). The summed E-state index contributed by atoms with van der Waals surface area (Å²) in [5.74, 6) is 0.679. The van der Waals surface area contributed by atoms with Crippen LogP contribution >= 0.6 is 0 Å². The van der Waals surface area contributed by atoms with Crippen LogP contribution in [0.1, 0.15) is 40.0 Å². The monoisotopic (exact) mass is 252 g/mol. The highest BCUT2D eigenvalue weighted by molar-refractivity contribution is 5.68. The molecule has 102 valence electrons. The van der Waals surface area contributed by atoms with Crippen molar-refractivity contribution in [2.75, 3.05) is 19.6 Å². The van der Waals surface area contributed by atoms with E-state index in [-0.39, 0.29) is 11.7 Å². The van der Waals surface area contributed by atoms with Gasteiger partial charge < -0.3 is 9.64 Å². The molecule has 2 saturated heterocycles. The molecule has 0 unspecified atom stereocenters. The van der Waals surface area contributed by atoms with Crippen LogP contribution in [0.3, 0.4) is 0 Å². The number of hydrogen-bond donors (Lipinski definition) is 0. The molecule has 3 aliphatic rings. The normalized spacial score (nSPS) is 32.7. The Kier molecular flexibility index (Phi) is 2.81. The minimum atomic E-state index is -0.384. The van der Waals surface area contributed by atoms with Crippen molar-refractivity contribution in [1.29, 1.82) is 0 Å². The Morgan fingerprint density at radius 1 is 1.17 bits per heavy atom. The van der Waals surface area contributed by atoms with Crippen LogP contribution in [0.25, 0.3) is 0 Å². The van der Waals surface area contributed by atoms with Crippen LogP contribution in [-0.2, 0) is 4.74 Å². The SMILES string of the molecule is CC(C)(C)OC(=O)N1C[C@H]2CCN(C3CC3)[C@H]2C1.